The normalized spacial score (nSPS) is 10.9. The molecule has 0 fully saturated rings. The van der Waals surface area contributed by atoms with Gasteiger partial charge in [-0.15, -0.1) is 0 Å². The maximum Gasteiger partial charge on any atom is 0.185 e. The first-order valence-electron chi connectivity index (χ1n) is 8.69. The number of ketones is 1. The predicted octanol–water partition coefficient (Wildman–Crippen LogP) is 6.62. The van der Waals surface area contributed by atoms with Gasteiger partial charge in [0.25, 0.3) is 0 Å². The highest BCUT2D eigenvalue weighted by molar-refractivity contribution is 6.42. The average Bonchev–Trinajstić information content (AvgIpc) is 2.73. The topological polar surface area (TPSA) is 35.5 Å². The predicted molar refractivity (Wildman–Crippen MR) is 114 cm³/mol. The highest BCUT2D eigenvalue weighted by Crippen LogP contribution is 2.30. The summed E-state index contributed by atoms with van der Waals surface area (Å²) in [7, 11) is 1.54. The Balaban J connectivity index is 1.70. The quantitative estimate of drug-likeness (QED) is 0.312. The molecular formula is C23H17Cl2FO3. The second-order valence-corrected chi connectivity index (χ2v) is 6.97. The smallest absolute Gasteiger partial charge is 0.185 e. The van der Waals surface area contributed by atoms with Crippen LogP contribution in [0.2, 0.25) is 10.0 Å². The van der Waals surface area contributed by atoms with Crippen molar-refractivity contribution in [1.29, 1.82) is 0 Å². The molecule has 0 spiro atoms. The molecule has 0 heterocycles. The molecule has 0 saturated carbocycles. The summed E-state index contributed by atoms with van der Waals surface area (Å²) >= 11 is 11.9. The van der Waals surface area contributed by atoms with E-state index in [1.165, 1.54) is 30.3 Å². The Morgan fingerprint density at radius 3 is 2.41 bits per heavy atom. The largest absolute Gasteiger partial charge is 0.493 e. The van der Waals surface area contributed by atoms with Gasteiger partial charge in [0.05, 0.1) is 17.2 Å². The van der Waals surface area contributed by atoms with Gasteiger partial charge in [-0.2, -0.15) is 0 Å². The number of carbonyl (C=O) groups is 1. The Morgan fingerprint density at radius 1 is 0.966 bits per heavy atom. The van der Waals surface area contributed by atoms with Gasteiger partial charge in [-0.25, -0.2) is 4.39 Å². The van der Waals surface area contributed by atoms with E-state index in [1.54, 1.807) is 43.5 Å². The Hall–Kier alpha value is -2.82. The number of benzene rings is 3. The van der Waals surface area contributed by atoms with Crippen LogP contribution in [0.4, 0.5) is 4.39 Å². The van der Waals surface area contributed by atoms with Gasteiger partial charge in [0, 0.05) is 5.56 Å². The van der Waals surface area contributed by atoms with Crippen molar-refractivity contribution in [1.82, 2.24) is 0 Å². The van der Waals surface area contributed by atoms with Crippen LogP contribution in [-0.4, -0.2) is 12.9 Å². The summed E-state index contributed by atoms with van der Waals surface area (Å²) in [4.78, 5) is 12.2. The zero-order chi connectivity index (χ0) is 20.8. The second-order valence-electron chi connectivity index (χ2n) is 6.15. The summed E-state index contributed by atoms with van der Waals surface area (Å²) in [6.07, 6.45) is 3.09. The van der Waals surface area contributed by atoms with Crippen molar-refractivity contribution in [3.63, 3.8) is 0 Å². The molecule has 0 saturated heterocycles. The van der Waals surface area contributed by atoms with Gasteiger partial charge in [0.1, 0.15) is 12.4 Å². The molecule has 0 aromatic heterocycles. The first-order valence-corrected chi connectivity index (χ1v) is 9.44. The van der Waals surface area contributed by atoms with E-state index in [0.717, 1.165) is 11.1 Å². The van der Waals surface area contributed by atoms with Crippen molar-refractivity contribution >= 4 is 35.1 Å². The molecule has 0 aliphatic rings. The molecule has 6 heteroatoms. The highest BCUT2D eigenvalue weighted by atomic mass is 35.5. The fourth-order valence-corrected chi connectivity index (χ4v) is 2.90. The van der Waals surface area contributed by atoms with Crippen molar-refractivity contribution in [2.24, 2.45) is 0 Å². The monoisotopic (exact) mass is 430 g/mol. The molecule has 3 nitrogen and oxygen atoms in total. The second kappa shape index (κ2) is 9.59. The van der Waals surface area contributed by atoms with E-state index in [0.29, 0.717) is 33.7 Å². The van der Waals surface area contributed by atoms with Gasteiger partial charge in [0.2, 0.25) is 0 Å². The fourth-order valence-electron chi connectivity index (χ4n) is 2.58. The Morgan fingerprint density at radius 2 is 1.72 bits per heavy atom. The maximum absolute atomic E-state index is 13.0. The standard InChI is InChI=1S/C23H17Cl2FO3/c1-28-23-13-15(3-10-21(27)17-5-7-18(26)8-6-17)4-11-22(23)29-14-16-2-9-19(24)20(25)12-16/h2-13H,14H2,1H3. The number of allylic oxidation sites excluding steroid dienone is 1. The van der Waals surface area contributed by atoms with Crippen LogP contribution >= 0.6 is 23.2 Å². The summed E-state index contributed by atoms with van der Waals surface area (Å²) in [6.45, 7) is 0.297. The van der Waals surface area contributed by atoms with Crippen LogP contribution < -0.4 is 9.47 Å². The molecule has 0 aliphatic heterocycles. The highest BCUT2D eigenvalue weighted by Gasteiger charge is 2.07. The summed E-state index contributed by atoms with van der Waals surface area (Å²) in [5, 5.41) is 0.949. The number of halogens is 3. The van der Waals surface area contributed by atoms with E-state index in [-0.39, 0.29) is 11.6 Å². The number of carbonyl (C=O) groups excluding carboxylic acids is 1. The molecule has 148 valence electrons. The SMILES string of the molecule is COc1cc(C=CC(=O)c2ccc(F)cc2)ccc1OCc1ccc(Cl)c(Cl)c1. The lowest BCUT2D eigenvalue weighted by Crippen LogP contribution is -1.98. The van der Waals surface area contributed by atoms with Gasteiger partial charge < -0.3 is 9.47 Å². The van der Waals surface area contributed by atoms with Crippen molar-refractivity contribution in [3.05, 3.63) is 99.3 Å². The molecule has 0 N–H and O–H groups in total. The van der Waals surface area contributed by atoms with E-state index in [2.05, 4.69) is 0 Å². The molecule has 3 aromatic carbocycles. The lowest BCUT2D eigenvalue weighted by molar-refractivity contribution is 0.104. The van der Waals surface area contributed by atoms with Crippen LogP contribution in [-0.2, 0) is 6.61 Å². The van der Waals surface area contributed by atoms with Crippen LogP contribution in [0.3, 0.4) is 0 Å². The third-order valence-corrected chi connectivity index (χ3v) is 4.86. The molecule has 0 unspecified atom stereocenters. The zero-order valence-electron chi connectivity index (χ0n) is 15.5. The number of methoxy groups -OCH3 is 1. The van der Waals surface area contributed by atoms with Gasteiger partial charge in [-0.05, 0) is 65.7 Å². The number of hydrogen-bond acceptors (Lipinski definition) is 3. The molecule has 0 radical (unpaired) electrons. The fraction of sp³-hybridized carbons (Fsp3) is 0.0870. The van der Waals surface area contributed by atoms with Crippen LogP contribution in [0.1, 0.15) is 21.5 Å². The van der Waals surface area contributed by atoms with Crippen LogP contribution in [0.5, 0.6) is 11.5 Å². The molecule has 0 atom stereocenters. The van der Waals surface area contributed by atoms with Gasteiger partial charge in [0.15, 0.2) is 17.3 Å². The molecule has 29 heavy (non-hydrogen) atoms. The lowest BCUT2D eigenvalue weighted by Gasteiger charge is -2.12. The number of hydrogen-bond donors (Lipinski definition) is 0. The minimum absolute atomic E-state index is 0.219. The molecular weight excluding hydrogens is 414 g/mol. The summed E-state index contributed by atoms with van der Waals surface area (Å²) in [5.41, 5.74) is 2.05. The van der Waals surface area contributed by atoms with Gasteiger partial charge in [-0.3, -0.25) is 4.79 Å². The molecule has 0 amide bonds. The van der Waals surface area contributed by atoms with Gasteiger partial charge in [-0.1, -0.05) is 41.4 Å². The summed E-state index contributed by atoms with van der Waals surface area (Å²) in [6, 6.07) is 16.0. The van der Waals surface area contributed by atoms with Crippen LogP contribution in [0.25, 0.3) is 6.08 Å². The van der Waals surface area contributed by atoms with E-state index >= 15 is 0 Å². The number of rotatable bonds is 7. The maximum atomic E-state index is 13.0. The average molecular weight is 431 g/mol. The van der Waals surface area contributed by atoms with Crippen LogP contribution in [0, 0.1) is 5.82 Å². The Bertz CT molecular complexity index is 1050. The molecule has 0 aliphatic carbocycles. The minimum atomic E-state index is -0.383. The molecule has 0 bridgehead atoms. The van der Waals surface area contributed by atoms with Gasteiger partial charge >= 0.3 is 0 Å². The van der Waals surface area contributed by atoms with Crippen molar-refractivity contribution in [3.8, 4) is 11.5 Å². The Kier molecular flexibility index (Phi) is 6.91. The van der Waals surface area contributed by atoms with E-state index in [1.807, 2.05) is 6.07 Å². The molecule has 3 rings (SSSR count). The first kappa shape index (κ1) is 20.9. The van der Waals surface area contributed by atoms with E-state index < -0.39 is 0 Å². The number of ether oxygens (including phenoxy) is 2. The van der Waals surface area contributed by atoms with Crippen molar-refractivity contribution in [2.75, 3.05) is 7.11 Å². The third-order valence-electron chi connectivity index (χ3n) is 4.12. The molecule has 3 aromatic rings. The first-order chi connectivity index (χ1) is 14.0. The van der Waals surface area contributed by atoms with Crippen molar-refractivity contribution < 1.29 is 18.7 Å². The van der Waals surface area contributed by atoms with Crippen LogP contribution in [0.15, 0.2) is 66.7 Å². The Labute approximate surface area is 178 Å². The minimum Gasteiger partial charge on any atom is -0.493 e. The zero-order valence-corrected chi connectivity index (χ0v) is 17.0. The van der Waals surface area contributed by atoms with E-state index in [9.17, 15) is 9.18 Å². The van der Waals surface area contributed by atoms with E-state index in [4.69, 9.17) is 32.7 Å². The third kappa shape index (κ3) is 5.59. The summed E-state index contributed by atoms with van der Waals surface area (Å²) < 4.78 is 24.2. The lowest BCUT2D eigenvalue weighted by atomic mass is 10.1. The van der Waals surface area contributed by atoms with Crippen molar-refractivity contribution in [2.45, 2.75) is 6.61 Å². The summed E-state index contributed by atoms with van der Waals surface area (Å²) in [5.74, 6) is 0.484.